The van der Waals surface area contributed by atoms with Gasteiger partial charge in [-0.25, -0.2) is 9.97 Å². The Kier molecular flexibility index (Phi) is 4.55. The van der Waals surface area contributed by atoms with Gasteiger partial charge in [-0.15, -0.1) is 0 Å². The maximum Gasteiger partial charge on any atom is 0.147 e. The van der Waals surface area contributed by atoms with Gasteiger partial charge < -0.3 is 0 Å². The maximum absolute atomic E-state index is 5.18. The highest BCUT2D eigenvalue weighted by Crippen LogP contribution is 2.41. The van der Waals surface area contributed by atoms with Gasteiger partial charge in [-0.05, 0) is 69.8 Å². The summed E-state index contributed by atoms with van der Waals surface area (Å²) < 4.78 is 4.66. The van der Waals surface area contributed by atoms with Crippen LogP contribution < -0.4 is 0 Å². The molecule has 0 unspecified atom stereocenters. The van der Waals surface area contributed by atoms with E-state index in [1.165, 1.54) is 54.3 Å². The second-order valence-electron chi connectivity index (χ2n) is 12.2. The molecule has 5 aromatic heterocycles. The third kappa shape index (κ3) is 3.07. The Balaban J connectivity index is 1.23. The van der Waals surface area contributed by atoms with Crippen molar-refractivity contribution in [2.45, 2.75) is 0 Å². The van der Waals surface area contributed by atoms with Crippen LogP contribution in [0.1, 0.15) is 0 Å². The highest BCUT2D eigenvalue weighted by Gasteiger charge is 2.20. The fourth-order valence-electron chi connectivity index (χ4n) is 7.79. The lowest BCUT2D eigenvalue weighted by atomic mass is 9.96. The molecule has 0 fully saturated rings. The number of hydrogen-bond acceptors (Lipinski definition) is 2. The van der Waals surface area contributed by atoms with Gasteiger partial charge in [-0.3, -0.25) is 8.80 Å². The lowest BCUT2D eigenvalue weighted by Gasteiger charge is -2.13. The van der Waals surface area contributed by atoms with Crippen LogP contribution in [0.25, 0.3) is 99.0 Å². The molecule has 11 aromatic rings. The van der Waals surface area contributed by atoms with Crippen molar-refractivity contribution in [1.82, 2.24) is 18.8 Å². The van der Waals surface area contributed by atoms with Crippen molar-refractivity contribution in [3.8, 4) is 22.4 Å². The molecule has 46 heavy (non-hydrogen) atoms. The zero-order valence-corrected chi connectivity index (χ0v) is 24.6. The number of benzene rings is 6. The summed E-state index contributed by atoms with van der Waals surface area (Å²) in [4.78, 5) is 10.3. The molecular formula is C42H24N4. The van der Waals surface area contributed by atoms with Crippen molar-refractivity contribution >= 4 is 76.6 Å². The average molecular weight is 585 g/mol. The zero-order chi connectivity index (χ0) is 29.9. The Morgan fingerprint density at radius 3 is 2.09 bits per heavy atom. The summed E-state index contributed by atoms with van der Waals surface area (Å²) in [6.45, 7) is 0. The first-order chi connectivity index (χ1) is 22.8. The summed E-state index contributed by atoms with van der Waals surface area (Å²) in [6.07, 6.45) is 0. The molecule has 0 spiro atoms. The van der Waals surface area contributed by atoms with E-state index >= 15 is 0 Å². The zero-order valence-electron chi connectivity index (χ0n) is 24.6. The largest absolute Gasteiger partial charge is 0.292 e. The van der Waals surface area contributed by atoms with Crippen molar-refractivity contribution in [2.75, 3.05) is 0 Å². The lowest BCUT2D eigenvalue weighted by molar-refractivity contribution is 1.31. The molecule has 11 rings (SSSR count). The third-order valence-electron chi connectivity index (χ3n) is 9.82. The summed E-state index contributed by atoms with van der Waals surface area (Å²) >= 11 is 0. The number of rotatable bonds is 2. The van der Waals surface area contributed by atoms with Gasteiger partial charge in [0, 0.05) is 27.1 Å². The second kappa shape index (κ2) is 8.68. The van der Waals surface area contributed by atoms with E-state index in [0.29, 0.717) is 0 Å². The number of para-hydroxylation sites is 2. The van der Waals surface area contributed by atoms with Gasteiger partial charge in [-0.1, -0.05) is 103 Å². The molecule has 0 amide bonds. The monoisotopic (exact) mass is 584 g/mol. The summed E-state index contributed by atoms with van der Waals surface area (Å²) in [5, 5.41) is 8.54. The second-order valence-corrected chi connectivity index (χ2v) is 12.2. The van der Waals surface area contributed by atoms with E-state index in [2.05, 4.69) is 154 Å². The van der Waals surface area contributed by atoms with E-state index in [1.54, 1.807) is 0 Å². The van der Waals surface area contributed by atoms with Crippen molar-refractivity contribution in [2.24, 2.45) is 0 Å². The molecule has 0 aliphatic carbocycles. The topological polar surface area (TPSA) is 34.6 Å². The van der Waals surface area contributed by atoms with Crippen LogP contribution in [0.15, 0.2) is 146 Å². The molecule has 6 aromatic carbocycles. The molecule has 0 radical (unpaired) electrons. The van der Waals surface area contributed by atoms with Crippen molar-refractivity contribution in [1.29, 1.82) is 0 Å². The number of hydrogen-bond donors (Lipinski definition) is 0. The predicted molar refractivity (Wildman–Crippen MR) is 191 cm³/mol. The fourth-order valence-corrected chi connectivity index (χ4v) is 7.79. The Bertz CT molecular complexity index is 3020. The van der Waals surface area contributed by atoms with E-state index in [9.17, 15) is 0 Å². The molecule has 0 saturated carbocycles. The molecule has 0 bridgehead atoms. The smallest absolute Gasteiger partial charge is 0.147 e. The van der Waals surface area contributed by atoms with E-state index in [4.69, 9.17) is 9.97 Å². The van der Waals surface area contributed by atoms with Crippen molar-refractivity contribution in [3.63, 3.8) is 0 Å². The Hall–Kier alpha value is -6.26. The Morgan fingerprint density at radius 1 is 0.413 bits per heavy atom. The highest BCUT2D eigenvalue weighted by atomic mass is 15.0. The van der Waals surface area contributed by atoms with Gasteiger partial charge in [0.25, 0.3) is 0 Å². The summed E-state index contributed by atoms with van der Waals surface area (Å²) in [5.74, 6) is 0. The van der Waals surface area contributed by atoms with Crippen LogP contribution in [0, 0.1) is 0 Å². The number of nitrogens with zero attached hydrogens (tertiary/aromatic N) is 4. The minimum Gasteiger partial charge on any atom is -0.292 e. The number of imidazole rings is 2. The third-order valence-corrected chi connectivity index (χ3v) is 9.82. The SMILES string of the molecule is c1ccc(-c2nc3cccc4c5ccc(-c6ccc7c(c6)c6ccc8ccccc8c6c6nc8ccccc8n76)cc5c2n34)cc1. The molecular weight excluding hydrogens is 560 g/mol. The number of pyridine rings is 2. The van der Waals surface area contributed by atoms with Gasteiger partial charge in [-0.2, -0.15) is 0 Å². The van der Waals surface area contributed by atoms with Gasteiger partial charge in [0.1, 0.15) is 11.3 Å². The standard InChI is InChI=1S/C42H24N4/c1-2-10-26(11-3-1)40-41-33-24-27(18-20-30(33)35-15-8-16-38(44-40)46(35)41)28-19-22-36-32(23-28)31-21-17-25-9-4-5-12-29(25)39(31)42-43-34-13-6-7-14-37(34)45(36)42/h1-24H. The van der Waals surface area contributed by atoms with E-state index < -0.39 is 0 Å². The average Bonchev–Trinajstić information content (AvgIpc) is 3.81. The molecule has 0 aliphatic heterocycles. The number of fused-ring (bicyclic) bond motifs is 13. The molecule has 0 aliphatic rings. The predicted octanol–water partition coefficient (Wildman–Crippen LogP) is 10.7. The first kappa shape index (κ1) is 24.1. The minimum atomic E-state index is 0.977. The molecule has 5 heterocycles. The molecule has 212 valence electrons. The molecule has 0 N–H and O–H groups in total. The van der Waals surface area contributed by atoms with Crippen LogP contribution >= 0.6 is 0 Å². The first-order valence-corrected chi connectivity index (χ1v) is 15.7. The molecule has 0 atom stereocenters. The van der Waals surface area contributed by atoms with Crippen LogP contribution in [0.4, 0.5) is 0 Å². The van der Waals surface area contributed by atoms with Gasteiger partial charge in [0.15, 0.2) is 0 Å². The van der Waals surface area contributed by atoms with Crippen LogP contribution in [-0.2, 0) is 0 Å². The van der Waals surface area contributed by atoms with Crippen LogP contribution in [-0.4, -0.2) is 18.8 Å². The minimum absolute atomic E-state index is 0.977. The maximum atomic E-state index is 5.18. The summed E-state index contributed by atoms with van der Waals surface area (Å²) in [7, 11) is 0. The quantitative estimate of drug-likeness (QED) is 0.189. The highest BCUT2D eigenvalue weighted by molar-refractivity contribution is 6.23. The Labute approximate surface area is 262 Å². The van der Waals surface area contributed by atoms with E-state index in [-0.39, 0.29) is 0 Å². The normalized spacial score (nSPS) is 12.3. The molecule has 0 saturated heterocycles. The van der Waals surface area contributed by atoms with Crippen molar-refractivity contribution in [3.05, 3.63) is 146 Å². The molecule has 4 nitrogen and oxygen atoms in total. The van der Waals surface area contributed by atoms with Crippen LogP contribution in [0.3, 0.4) is 0 Å². The van der Waals surface area contributed by atoms with Crippen LogP contribution in [0.5, 0.6) is 0 Å². The van der Waals surface area contributed by atoms with Crippen molar-refractivity contribution < 1.29 is 0 Å². The van der Waals surface area contributed by atoms with Gasteiger partial charge >= 0.3 is 0 Å². The lowest BCUT2D eigenvalue weighted by Crippen LogP contribution is -1.93. The first-order valence-electron chi connectivity index (χ1n) is 15.7. The summed E-state index contributed by atoms with van der Waals surface area (Å²) in [5.41, 5.74) is 12.2. The fraction of sp³-hybridized carbons (Fsp3) is 0. The van der Waals surface area contributed by atoms with E-state index in [1.807, 2.05) is 0 Å². The van der Waals surface area contributed by atoms with Gasteiger partial charge in [0.2, 0.25) is 0 Å². The van der Waals surface area contributed by atoms with Gasteiger partial charge in [0.05, 0.1) is 33.3 Å². The number of aromatic nitrogens is 4. The Morgan fingerprint density at radius 2 is 1.15 bits per heavy atom. The summed E-state index contributed by atoms with van der Waals surface area (Å²) in [6, 6.07) is 52.4. The van der Waals surface area contributed by atoms with Crippen LogP contribution in [0.2, 0.25) is 0 Å². The van der Waals surface area contributed by atoms with E-state index in [0.717, 1.165) is 44.6 Å². The molecule has 4 heteroatoms.